The lowest BCUT2D eigenvalue weighted by molar-refractivity contribution is -0.103. The van der Waals surface area contributed by atoms with E-state index < -0.39 is 0 Å². The Morgan fingerprint density at radius 3 is 3.09 bits per heavy atom. The van der Waals surface area contributed by atoms with E-state index in [0.717, 1.165) is 6.42 Å². The van der Waals surface area contributed by atoms with Crippen LogP contribution >= 0.6 is 0 Å². The van der Waals surface area contributed by atoms with E-state index in [0.29, 0.717) is 12.3 Å². The van der Waals surface area contributed by atoms with E-state index in [2.05, 4.69) is 23.8 Å². The molecule has 1 atom stereocenters. The molecule has 1 aliphatic rings. The summed E-state index contributed by atoms with van der Waals surface area (Å²) in [5, 5.41) is 0. The summed E-state index contributed by atoms with van der Waals surface area (Å²) in [5.41, 5.74) is 0. The second-order valence-electron chi connectivity index (χ2n) is 2.92. The lowest BCUT2D eigenvalue weighted by atomic mass is 10.1. The van der Waals surface area contributed by atoms with Crippen molar-refractivity contribution < 1.29 is 4.79 Å². The van der Waals surface area contributed by atoms with E-state index in [-0.39, 0.29) is 0 Å². The molecule has 0 amide bonds. The average molecular weight is 151 g/mol. The van der Waals surface area contributed by atoms with Crippen LogP contribution in [-0.2, 0) is 4.79 Å². The highest BCUT2D eigenvalue weighted by atomic mass is 16.1. The van der Waals surface area contributed by atoms with Gasteiger partial charge in [-0.05, 0) is 32.4 Å². The fourth-order valence-electron chi connectivity index (χ4n) is 1.46. The van der Waals surface area contributed by atoms with Gasteiger partial charge in [0.2, 0.25) is 0 Å². The van der Waals surface area contributed by atoms with Gasteiger partial charge in [0.1, 0.15) is 0 Å². The van der Waals surface area contributed by atoms with Crippen LogP contribution in [0.2, 0.25) is 0 Å². The Hall–Kier alpha value is -0.810. The van der Waals surface area contributed by atoms with E-state index in [1.54, 1.807) is 0 Å². The minimum Gasteiger partial charge on any atom is -0.302 e. The maximum absolute atomic E-state index is 9.87. The predicted molar refractivity (Wildman–Crippen MR) is 44.1 cm³/mol. The highest BCUT2D eigenvalue weighted by molar-refractivity contribution is 5.72. The average Bonchev–Trinajstić information content (AvgIpc) is 2.37. The second kappa shape index (κ2) is 4.15. The molecular weight excluding hydrogens is 138 g/mol. The van der Waals surface area contributed by atoms with Crippen LogP contribution in [0.1, 0.15) is 19.3 Å². The van der Waals surface area contributed by atoms with Gasteiger partial charge in [0.05, 0.1) is 0 Å². The Bertz CT molecular complexity index is 189. The minimum absolute atomic E-state index is 0.586. The monoisotopic (exact) mass is 151 g/mol. The first-order valence-electron chi connectivity index (χ1n) is 3.97. The first-order valence-corrected chi connectivity index (χ1v) is 3.97. The third-order valence-electron chi connectivity index (χ3n) is 2.17. The van der Waals surface area contributed by atoms with Crippen molar-refractivity contribution in [3.8, 4) is 11.8 Å². The molecule has 0 radical (unpaired) electrons. The zero-order valence-electron chi connectivity index (χ0n) is 6.84. The summed E-state index contributed by atoms with van der Waals surface area (Å²) in [4.78, 5) is 12.2. The largest absolute Gasteiger partial charge is 0.302 e. The van der Waals surface area contributed by atoms with Gasteiger partial charge < -0.3 is 4.90 Å². The molecule has 2 heteroatoms. The van der Waals surface area contributed by atoms with Gasteiger partial charge in [-0.2, -0.15) is 0 Å². The highest BCUT2D eigenvalue weighted by Gasteiger charge is 2.18. The van der Waals surface area contributed by atoms with Gasteiger partial charge >= 0.3 is 0 Å². The molecule has 0 saturated carbocycles. The maximum atomic E-state index is 9.87. The topological polar surface area (TPSA) is 20.3 Å². The van der Waals surface area contributed by atoms with Crippen LogP contribution < -0.4 is 0 Å². The van der Waals surface area contributed by atoms with Gasteiger partial charge in [0, 0.05) is 12.5 Å². The molecule has 1 rings (SSSR count). The molecule has 0 bridgehead atoms. The number of hydrogen-bond donors (Lipinski definition) is 0. The minimum atomic E-state index is 0.586. The quantitative estimate of drug-likeness (QED) is 0.405. The molecule has 11 heavy (non-hydrogen) atoms. The van der Waals surface area contributed by atoms with Crippen molar-refractivity contribution in [3.63, 3.8) is 0 Å². The summed E-state index contributed by atoms with van der Waals surface area (Å²) in [6.45, 7) is 1.17. The lowest BCUT2D eigenvalue weighted by Gasteiger charge is -2.15. The number of carbonyl (C=O) groups is 1. The van der Waals surface area contributed by atoms with Gasteiger partial charge in [0.15, 0.2) is 6.29 Å². The van der Waals surface area contributed by atoms with Gasteiger partial charge in [0.25, 0.3) is 0 Å². The Morgan fingerprint density at radius 1 is 1.73 bits per heavy atom. The number of rotatable bonds is 1. The molecule has 0 N–H and O–H groups in total. The van der Waals surface area contributed by atoms with Crippen LogP contribution in [0.5, 0.6) is 0 Å². The second-order valence-corrected chi connectivity index (χ2v) is 2.92. The van der Waals surface area contributed by atoms with Crippen LogP contribution in [0.25, 0.3) is 0 Å². The lowest BCUT2D eigenvalue weighted by Crippen LogP contribution is -2.23. The summed E-state index contributed by atoms with van der Waals surface area (Å²) in [6, 6.07) is 0.586. The Morgan fingerprint density at radius 2 is 2.55 bits per heavy atom. The van der Waals surface area contributed by atoms with E-state index in [1.165, 1.54) is 19.4 Å². The number of carbonyl (C=O) groups excluding carboxylic acids is 1. The smallest absolute Gasteiger partial charge is 0.192 e. The van der Waals surface area contributed by atoms with Crippen LogP contribution in [-0.4, -0.2) is 30.8 Å². The van der Waals surface area contributed by atoms with E-state index in [1.807, 2.05) is 0 Å². The van der Waals surface area contributed by atoms with Crippen molar-refractivity contribution in [1.29, 1.82) is 0 Å². The Labute approximate surface area is 67.6 Å². The Kier molecular flexibility index (Phi) is 3.13. The summed E-state index contributed by atoms with van der Waals surface area (Å²) < 4.78 is 0. The molecule has 1 heterocycles. The van der Waals surface area contributed by atoms with Crippen molar-refractivity contribution in [2.24, 2.45) is 0 Å². The number of nitrogens with zero attached hydrogens (tertiary/aromatic N) is 1. The first-order chi connectivity index (χ1) is 5.34. The maximum Gasteiger partial charge on any atom is 0.192 e. The summed E-state index contributed by atoms with van der Waals surface area (Å²) in [5.74, 6) is 5.29. The summed E-state index contributed by atoms with van der Waals surface area (Å²) in [6.07, 6.45) is 4.00. The fraction of sp³-hybridized carbons (Fsp3) is 0.667. The van der Waals surface area contributed by atoms with Crippen LogP contribution in [0.4, 0.5) is 0 Å². The van der Waals surface area contributed by atoms with Crippen molar-refractivity contribution in [1.82, 2.24) is 4.90 Å². The summed E-state index contributed by atoms with van der Waals surface area (Å²) >= 11 is 0. The molecule has 1 fully saturated rings. The molecule has 1 aliphatic heterocycles. The van der Waals surface area contributed by atoms with Crippen LogP contribution in [0.3, 0.4) is 0 Å². The molecule has 0 spiro atoms. The van der Waals surface area contributed by atoms with Crippen LogP contribution in [0.15, 0.2) is 0 Å². The predicted octanol–water partition coefficient (Wildman–Crippen LogP) is 0.673. The Balaban J connectivity index is 2.30. The van der Waals surface area contributed by atoms with Crippen molar-refractivity contribution >= 4 is 6.29 Å². The SMILES string of the molecule is CN1CCCC1CC#CC=O. The van der Waals surface area contributed by atoms with E-state index in [4.69, 9.17) is 0 Å². The fourth-order valence-corrected chi connectivity index (χ4v) is 1.46. The molecule has 0 aromatic rings. The number of likely N-dealkylation sites (tertiary alicyclic amines) is 1. The molecule has 1 saturated heterocycles. The standard InChI is InChI=1S/C9H13NO/c1-10-7-4-6-9(10)5-2-3-8-11/h8-9H,4-7H2,1H3. The van der Waals surface area contributed by atoms with E-state index in [9.17, 15) is 4.79 Å². The molecule has 0 aliphatic carbocycles. The third-order valence-corrected chi connectivity index (χ3v) is 2.17. The highest BCUT2D eigenvalue weighted by Crippen LogP contribution is 2.16. The summed E-state index contributed by atoms with van der Waals surface area (Å²) in [7, 11) is 2.11. The van der Waals surface area contributed by atoms with Gasteiger partial charge in [-0.1, -0.05) is 5.92 Å². The van der Waals surface area contributed by atoms with Crippen molar-refractivity contribution in [2.45, 2.75) is 25.3 Å². The molecule has 1 unspecified atom stereocenters. The molecule has 0 aromatic heterocycles. The molecular formula is C9H13NO. The first kappa shape index (κ1) is 8.29. The number of aldehydes is 1. The zero-order valence-corrected chi connectivity index (χ0v) is 6.84. The third kappa shape index (κ3) is 2.36. The number of hydrogen-bond acceptors (Lipinski definition) is 2. The van der Waals surface area contributed by atoms with Gasteiger partial charge in [-0.3, -0.25) is 4.79 Å². The molecule has 2 nitrogen and oxygen atoms in total. The van der Waals surface area contributed by atoms with Crippen molar-refractivity contribution in [3.05, 3.63) is 0 Å². The van der Waals surface area contributed by atoms with Crippen molar-refractivity contribution in [2.75, 3.05) is 13.6 Å². The van der Waals surface area contributed by atoms with E-state index >= 15 is 0 Å². The normalized spacial score (nSPS) is 24.3. The van der Waals surface area contributed by atoms with Gasteiger partial charge in [-0.15, -0.1) is 0 Å². The molecule has 0 aromatic carbocycles. The molecule has 60 valence electrons. The van der Waals surface area contributed by atoms with Gasteiger partial charge in [-0.25, -0.2) is 0 Å². The zero-order chi connectivity index (χ0) is 8.10. The van der Waals surface area contributed by atoms with Crippen LogP contribution in [0, 0.1) is 11.8 Å².